The van der Waals surface area contributed by atoms with Crippen LogP contribution in [0.25, 0.3) is 10.6 Å². The molecule has 0 spiro atoms. The Morgan fingerprint density at radius 1 is 1.12 bits per heavy atom. The van der Waals surface area contributed by atoms with Crippen molar-refractivity contribution in [3.63, 3.8) is 0 Å². The summed E-state index contributed by atoms with van der Waals surface area (Å²) in [6.45, 7) is 0. The monoisotopic (exact) mass is 229 g/mol. The van der Waals surface area contributed by atoms with E-state index in [-0.39, 0.29) is 6.17 Å². The van der Waals surface area contributed by atoms with E-state index in [2.05, 4.69) is 25.7 Å². The molecule has 0 radical (unpaired) electrons. The summed E-state index contributed by atoms with van der Waals surface area (Å²) in [6, 6.07) is 7.97. The summed E-state index contributed by atoms with van der Waals surface area (Å²) in [5, 5.41) is 17.8. The van der Waals surface area contributed by atoms with Crippen molar-refractivity contribution in [2.75, 3.05) is 0 Å². The van der Waals surface area contributed by atoms with Crippen LogP contribution in [0.5, 0.6) is 0 Å². The lowest BCUT2D eigenvalue weighted by Crippen LogP contribution is -1.88. The summed E-state index contributed by atoms with van der Waals surface area (Å²) in [7, 11) is 0. The second-order valence-corrected chi connectivity index (χ2v) is 4.14. The van der Waals surface area contributed by atoms with Crippen molar-refractivity contribution < 1.29 is 0 Å². The molecule has 16 heavy (non-hydrogen) atoms. The number of benzene rings is 1. The number of rotatable bonds is 2. The molecule has 0 aliphatic carbocycles. The summed E-state index contributed by atoms with van der Waals surface area (Å²) >= 11 is 1.61. The second kappa shape index (κ2) is 3.90. The molecule has 0 fully saturated rings. The second-order valence-electron chi connectivity index (χ2n) is 3.25. The van der Waals surface area contributed by atoms with Gasteiger partial charge in [-0.2, -0.15) is 0 Å². The fraction of sp³-hybridized carbons (Fsp3) is 0.100. The maximum absolute atomic E-state index is 4.26. The normalized spacial score (nSPS) is 14.8. The minimum absolute atomic E-state index is 0.292. The summed E-state index contributed by atoms with van der Waals surface area (Å²) < 4.78 is 0. The predicted molar refractivity (Wildman–Crippen MR) is 60.0 cm³/mol. The topological polar surface area (TPSA) is 62.3 Å². The van der Waals surface area contributed by atoms with Gasteiger partial charge in [-0.25, -0.2) is 4.98 Å². The van der Waals surface area contributed by atoms with E-state index in [1.807, 2.05) is 29.6 Å². The molecule has 0 amide bonds. The smallest absolute Gasteiger partial charge is 0.210 e. The third kappa shape index (κ3) is 1.63. The molecular weight excluding hydrogens is 222 g/mol. The van der Waals surface area contributed by atoms with Crippen molar-refractivity contribution >= 4 is 11.3 Å². The van der Waals surface area contributed by atoms with Crippen LogP contribution in [0, 0.1) is 0 Å². The van der Waals surface area contributed by atoms with Gasteiger partial charge in [-0.1, -0.05) is 18.2 Å². The Morgan fingerprint density at radius 2 is 2.00 bits per heavy atom. The fourth-order valence-electron chi connectivity index (χ4n) is 1.50. The van der Waals surface area contributed by atoms with Crippen molar-refractivity contribution in [3.05, 3.63) is 41.4 Å². The molecule has 1 aromatic carbocycles. The average Bonchev–Trinajstić information content (AvgIpc) is 3.03. The van der Waals surface area contributed by atoms with Gasteiger partial charge in [-0.15, -0.1) is 21.6 Å². The summed E-state index contributed by atoms with van der Waals surface area (Å²) in [6.07, 6.45) is 1.50. The number of hydrogen-bond donors (Lipinski definition) is 0. The van der Waals surface area contributed by atoms with E-state index in [1.165, 1.54) is 0 Å². The molecule has 2 heterocycles. The molecule has 5 nitrogen and oxygen atoms in total. The highest BCUT2D eigenvalue weighted by molar-refractivity contribution is 7.13. The van der Waals surface area contributed by atoms with Crippen LogP contribution >= 0.6 is 11.3 Å². The van der Waals surface area contributed by atoms with Crippen LogP contribution in [-0.2, 0) is 0 Å². The molecule has 2 aromatic rings. The standard InChI is InChI=1S/C10H7N5S/c1-2-7(9-12-14-15-13-9)6-8(3-1)10-11-4-5-16-10/h1-6,9H. The van der Waals surface area contributed by atoms with Crippen LogP contribution in [0.4, 0.5) is 0 Å². The first-order chi connectivity index (χ1) is 7.93. The van der Waals surface area contributed by atoms with E-state index in [4.69, 9.17) is 0 Å². The number of hydrogen-bond acceptors (Lipinski definition) is 6. The maximum Gasteiger partial charge on any atom is 0.210 e. The first-order valence-corrected chi connectivity index (χ1v) is 5.61. The van der Waals surface area contributed by atoms with E-state index in [0.717, 1.165) is 16.1 Å². The van der Waals surface area contributed by atoms with E-state index in [1.54, 1.807) is 17.5 Å². The van der Waals surface area contributed by atoms with Crippen LogP contribution in [0.2, 0.25) is 0 Å². The minimum Gasteiger partial charge on any atom is -0.245 e. The zero-order valence-corrected chi connectivity index (χ0v) is 9.00. The van der Waals surface area contributed by atoms with Gasteiger partial charge in [-0.05, 0) is 16.5 Å². The highest BCUT2D eigenvalue weighted by Gasteiger charge is 2.13. The van der Waals surface area contributed by atoms with Gasteiger partial charge in [0, 0.05) is 22.7 Å². The van der Waals surface area contributed by atoms with Gasteiger partial charge in [0.1, 0.15) is 5.01 Å². The Labute approximate surface area is 95.6 Å². The maximum atomic E-state index is 4.26. The Bertz CT molecular complexity index is 534. The zero-order valence-electron chi connectivity index (χ0n) is 8.19. The Balaban J connectivity index is 2.00. The molecule has 0 saturated heterocycles. The number of aromatic nitrogens is 1. The Morgan fingerprint density at radius 3 is 2.75 bits per heavy atom. The van der Waals surface area contributed by atoms with Gasteiger partial charge in [0.15, 0.2) is 0 Å². The fourth-order valence-corrected chi connectivity index (χ4v) is 2.13. The molecule has 78 valence electrons. The highest BCUT2D eigenvalue weighted by Crippen LogP contribution is 2.28. The molecule has 0 saturated carbocycles. The van der Waals surface area contributed by atoms with E-state index in [0.29, 0.717) is 0 Å². The third-order valence-corrected chi connectivity index (χ3v) is 3.05. The lowest BCUT2D eigenvalue weighted by atomic mass is 10.1. The first-order valence-electron chi connectivity index (χ1n) is 4.73. The minimum atomic E-state index is -0.292. The van der Waals surface area contributed by atoms with Crippen molar-refractivity contribution in [1.29, 1.82) is 0 Å². The van der Waals surface area contributed by atoms with Crippen molar-refractivity contribution in [3.8, 4) is 10.6 Å². The molecule has 0 bridgehead atoms. The van der Waals surface area contributed by atoms with Gasteiger partial charge >= 0.3 is 0 Å². The van der Waals surface area contributed by atoms with Crippen LogP contribution in [0.3, 0.4) is 0 Å². The average molecular weight is 229 g/mol. The Kier molecular flexibility index (Phi) is 2.26. The largest absolute Gasteiger partial charge is 0.245 e. The predicted octanol–water partition coefficient (Wildman–Crippen LogP) is 3.64. The zero-order chi connectivity index (χ0) is 10.8. The van der Waals surface area contributed by atoms with Crippen molar-refractivity contribution in [2.45, 2.75) is 6.17 Å². The lowest BCUT2D eigenvalue weighted by Gasteiger charge is -2.03. The highest BCUT2D eigenvalue weighted by atomic mass is 32.1. The quantitative estimate of drug-likeness (QED) is 0.775. The van der Waals surface area contributed by atoms with Crippen LogP contribution < -0.4 is 0 Å². The summed E-state index contributed by atoms with van der Waals surface area (Å²) in [5.41, 5.74) is 2.06. The first kappa shape index (κ1) is 9.29. The molecule has 1 aromatic heterocycles. The molecule has 3 rings (SSSR count). The van der Waals surface area contributed by atoms with Gasteiger partial charge in [0.2, 0.25) is 6.17 Å². The Hall–Kier alpha value is -1.95. The third-order valence-electron chi connectivity index (χ3n) is 2.23. The summed E-state index contributed by atoms with van der Waals surface area (Å²) in [4.78, 5) is 4.26. The molecule has 1 aliphatic rings. The molecular formula is C10H7N5S. The SMILES string of the molecule is c1cc(-c2nccs2)cc(C2N=NN=N2)c1. The molecule has 1 aliphatic heterocycles. The molecule has 6 heteroatoms. The van der Waals surface area contributed by atoms with Gasteiger partial charge in [0.25, 0.3) is 0 Å². The van der Waals surface area contributed by atoms with Crippen LogP contribution in [-0.4, -0.2) is 4.98 Å². The lowest BCUT2D eigenvalue weighted by molar-refractivity contribution is 0.765. The molecule has 0 atom stereocenters. The molecule has 0 N–H and O–H groups in total. The van der Waals surface area contributed by atoms with Gasteiger partial charge in [0.05, 0.1) is 0 Å². The van der Waals surface area contributed by atoms with Crippen LogP contribution in [0.15, 0.2) is 56.5 Å². The van der Waals surface area contributed by atoms with Gasteiger partial charge < -0.3 is 0 Å². The summed E-state index contributed by atoms with van der Waals surface area (Å²) in [5.74, 6) is 0. The molecule has 0 unspecified atom stereocenters. The van der Waals surface area contributed by atoms with E-state index >= 15 is 0 Å². The van der Waals surface area contributed by atoms with Crippen molar-refractivity contribution in [1.82, 2.24) is 4.98 Å². The van der Waals surface area contributed by atoms with Crippen molar-refractivity contribution in [2.24, 2.45) is 20.7 Å². The van der Waals surface area contributed by atoms with Crippen LogP contribution in [0.1, 0.15) is 11.7 Å². The van der Waals surface area contributed by atoms with Gasteiger partial charge in [-0.3, -0.25) is 0 Å². The number of thiazole rings is 1. The van der Waals surface area contributed by atoms with E-state index < -0.39 is 0 Å². The number of nitrogens with zero attached hydrogens (tertiary/aromatic N) is 5. The van der Waals surface area contributed by atoms with E-state index in [9.17, 15) is 0 Å².